The molecule has 1 atom stereocenters. The first kappa shape index (κ1) is 20.9. The van der Waals surface area contributed by atoms with E-state index in [0.717, 1.165) is 17.5 Å². The molecule has 0 bridgehead atoms. The molecular formula is C20H22N2O6S. The van der Waals surface area contributed by atoms with E-state index in [1.807, 2.05) is 24.3 Å². The smallest absolute Gasteiger partial charge is 0.309 e. The van der Waals surface area contributed by atoms with Crippen LogP contribution in [0.15, 0.2) is 53.4 Å². The molecule has 9 heteroatoms. The summed E-state index contributed by atoms with van der Waals surface area (Å²) in [5, 5.41) is 10.8. The van der Waals surface area contributed by atoms with Crippen LogP contribution < -0.4 is 0 Å². The summed E-state index contributed by atoms with van der Waals surface area (Å²) in [7, 11) is -2.40. The van der Waals surface area contributed by atoms with Crippen LogP contribution in [0.25, 0.3) is 0 Å². The Morgan fingerprint density at radius 1 is 1.24 bits per heavy atom. The van der Waals surface area contributed by atoms with Gasteiger partial charge in [-0.05, 0) is 42.0 Å². The van der Waals surface area contributed by atoms with E-state index in [2.05, 4.69) is 0 Å². The zero-order chi connectivity index (χ0) is 21.0. The number of benzene rings is 2. The van der Waals surface area contributed by atoms with Gasteiger partial charge in [0.25, 0.3) is 5.69 Å². The maximum Gasteiger partial charge on any atom is 0.309 e. The molecule has 2 aromatic carbocycles. The van der Waals surface area contributed by atoms with Crippen molar-refractivity contribution in [2.45, 2.75) is 30.1 Å². The van der Waals surface area contributed by atoms with Crippen molar-refractivity contribution in [2.24, 2.45) is 0 Å². The fourth-order valence-corrected chi connectivity index (χ4v) is 5.04. The lowest BCUT2D eigenvalue weighted by atomic mass is 9.90. The molecule has 154 valence electrons. The van der Waals surface area contributed by atoms with E-state index in [1.54, 1.807) is 0 Å². The molecule has 29 heavy (non-hydrogen) atoms. The number of carbonyl (C=O) groups excluding carboxylic acids is 1. The Morgan fingerprint density at radius 2 is 1.97 bits per heavy atom. The normalized spacial score (nSPS) is 17.6. The minimum Gasteiger partial charge on any atom is -0.469 e. The third kappa shape index (κ3) is 4.80. The summed E-state index contributed by atoms with van der Waals surface area (Å²) in [5.41, 5.74) is 1.66. The fourth-order valence-electron chi connectivity index (χ4n) is 3.52. The van der Waals surface area contributed by atoms with E-state index < -0.39 is 14.9 Å². The lowest BCUT2D eigenvalue weighted by Crippen LogP contribution is -2.39. The van der Waals surface area contributed by atoms with Gasteiger partial charge < -0.3 is 4.74 Å². The Balaban J connectivity index is 1.79. The molecule has 0 radical (unpaired) electrons. The Bertz CT molecular complexity index is 1000. The van der Waals surface area contributed by atoms with Crippen molar-refractivity contribution in [1.29, 1.82) is 0 Å². The van der Waals surface area contributed by atoms with Crippen LogP contribution in [0.1, 0.15) is 29.9 Å². The number of rotatable bonds is 6. The van der Waals surface area contributed by atoms with Gasteiger partial charge in [-0.2, -0.15) is 4.31 Å². The summed E-state index contributed by atoms with van der Waals surface area (Å²) < 4.78 is 32.1. The van der Waals surface area contributed by atoms with Crippen LogP contribution in [-0.4, -0.2) is 43.8 Å². The number of esters is 1. The van der Waals surface area contributed by atoms with Crippen LogP contribution in [0.3, 0.4) is 0 Å². The quantitative estimate of drug-likeness (QED) is 0.406. The van der Waals surface area contributed by atoms with Crippen LogP contribution in [-0.2, 0) is 26.0 Å². The van der Waals surface area contributed by atoms with Crippen LogP contribution in [0.4, 0.5) is 5.69 Å². The number of piperidine rings is 1. The first-order chi connectivity index (χ1) is 13.8. The molecule has 2 aromatic rings. The molecule has 1 fully saturated rings. The number of nitro benzene ring substituents is 1. The highest BCUT2D eigenvalue weighted by Gasteiger charge is 2.31. The van der Waals surface area contributed by atoms with E-state index in [4.69, 9.17) is 4.74 Å². The number of sulfonamides is 1. The summed E-state index contributed by atoms with van der Waals surface area (Å²) in [6.45, 7) is 0.721. The average molecular weight is 418 g/mol. The Labute approximate surface area is 169 Å². The molecule has 1 aliphatic rings. The van der Waals surface area contributed by atoms with Gasteiger partial charge in [0.05, 0.1) is 23.3 Å². The largest absolute Gasteiger partial charge is 0.469 e. The van der Waals surface area contributed by atoms with Gasteiger partial charge >= 0.3 is 5.97 Å². The molecule has 1 unspecified atom stereocenters. The fraction of sp³-hybridized carbons (Fsp3) is 0.350. The second kappa shape index (κ2) is 8.71. The monoisotopic (exact) mass is 418 g/mol. The summed E-state index contributed by atoms with van der Waals surface area (Å²) in [6, 6.07) is 12.5. The average Bonchev–Trinajstić information content (AvgIpc) is 2.74. The second-order valence-corrected chi connectivity index (χ2v) is 8.89. The van der Waals surface area contributed by atoms with E-state index in [-0.39, 0.29) is 28.9 Å². The summed E-state index contributed by atoms with van der Waals surface area (Å²) in [4.78, 5) is 21.8. The van der Waals surface area contributed by atoms with Crippen LogP contribution >= 0.6 is 0 Å². The highest BCUT2D eigenvalue weighted by Crippen LogP contribution is 2.31. The highest BCUT2D eigenvalue weighted by atomic mass is 32.2. The van der Waals surface area contributed by atoms with E-state index in [0.29, 0.717) is 19.5 Å². The number of ether oxygens (including phenoxy) is 1. The predicted molar refractivity (Wildman–Crippen MR) is 106 cm³/mol. The molecule has 1 aliphatic heterocycles. The number of methoxy groups -OCH3 is 1. The lowest BCUT2D eigenvalue weighted by Gasteiger charge is -2.32. The van der Waals surface area contributed by atoms with Gasteiger partial charge in [-0.25, -0.2) is 8.42 Å². The molecule has 0 aliphatic carbocycles. The van der Waals surface area contributed by atoms with Crippen molar-refractivity contribution in [3.05, 3.63) is 69.8 Å². The number of carbonyl (C=O) groups is 1. The van der Waals surface area contributed by atoms with Crippen LogP contribution in [0, 0.1) is 10.1 Å². The van der Waals surface area contributed by atoms with Gasteiger partial charge in [0, 0.05) is 25.2 Å². The molecule has 8 nitrogen and oxygen atoms in total. The van der Waals surface area contributed by atoms with E-state index in [1.165, 1.54) is 35.7 Å². The SMILES string of the molecule is COC(=O)Cc1cccc(C2CCCN(S(=O)(=O)c3ccc([N+](=O)[O-])cc3)C2)c1. The van der Waals surface area contributed by atoms with Crippen molar-refractivity contribution in [3.8, 4) is 0 Å². The van der Waals surface area contributed by atoms with Crippen LogP contribution in [0.5, 0.6) is 0 Å². The van der Waals surface area contributed by atoms with Gasteiger partial charge in [-0.3, -0.25) is 14.9 Å². The molecule has 1 heterocycles. The lowest BCUT2D eigenvalue weighted by molar-refractivity contribution is -0.384. The molecule has 0 N–H and O–H groups in total. The molecule has 0 amide bonds. The van der Waals surface area contributed by atoms with Gasteiger partial charge in [0.2, 0.25) is 10.0 Å². The molecule has 3 rings (SSSR count). The van der Waals surface area contributed by atoms with Gasteiger partial charge in [-0.15, -0.1) is 0 Å². The Hall–Kier alpha value is -2.78. The van der Waals surface area contributed by atoms with E-state index in [9.17, 15) is 23.3 Å². The van der Waals surface area contributed by atoms with Crippen LogP contribution in [0.2, 0.25) is 0 Å². The van der Waals surface area contributed by atoms with E-state index >= 15 is 0 Å². The Kier molecular flexibility index (Phi) is 6.29. The molecule has 1 saturated heterocycles. The van der Waals surface area contributed by atoms with Crippen molar-refractivity contribution >= 4 is 21.7 Å². The van der Waals surface area contributed by atoms with Crippen molar-refractivity contribution in [3.63, 3.8) is 0 Å². The maximum absolute atomic E-state index is 13.0. The van der Waals surface area contributed by atoms with Gasteiger partial charge in [0.1, 0.15) is 0 Å². The highest BCUT2D eigenvalue weighted by molar-refractivity contribution is 7.89. The number of hydrogen-bond acceptors (Lipinski definition) is 6. The second-order valence-electron chi connectivity index (χ2n) is 6.95. The molecule has 0 spiro atoms. The summed E-state index contributed by atoms with van der Waals surface area (Å²) in [5.74, 6) is -0.317. The minimum absolute atomic E-state index is 0.00849. The van der Waals surface area contributed by atoms with Gasteiger partial charge in [0.15, 0.2) is 0 Å². The number of non-ortho nitro benzene ring substituents is 1. The summed E-state index contributed by atoms with van der Waals surface area (Å²) >= 11 is 0. The first-order valence-electron chi connectivity index (χ1n) is 9.21. The van der Waals surface area contributed by atoms with Crippen molar-refractivity contribution < 1.29 is 22.9 Å². The third-order valence-electron chi connectivity index (χ3n) is 5.07. The number of nitro groups is 1. The number of nitrogens with zero attached hydrogens (tertiary/aromatic N) is 2. The molecular weight excluding hydrogens is 396 g/mol. The zero-order valence-electron chi connectivity index (χ0n) is 16.0. The molecule has 0 saturated carbocycles. The standard InChI is InChI=1S/C20H22N2O6S/c1-28-20(23)13-15-4-2-5-16(12-15)17-6-3-11-21(14-17)29(26,27)19-9-7-18(8-10-19)22(24)25/h2,4-5,7-10,12,17H,3,6,11,13-14H2,1H3. The van der Waals surface area contributed by atoms with Crippen molar-refractivity contribution in [2.75, 3.05) is 20.2 Å². The zero-order valence-corrected chi connectivity index (χ0v) is 16.8. The third-order valence-corrected chi connectivity index (χ3v) is 6.95. The summed E-state index contributed by atoms with van der Waals surface area (Å²) in [6.07, 6.45) is 1.72. The first-order valence-corrected chi connectivity index (χ1v) is 10.7. The topological polar surface area (TPSA) is 107 Å². The van der Waals surface area contributed by atoms with Gasteiger partial charge in [-0.1, -0.05) is 24.3 Å². The Morgan fingerprint density at radius 3 is 2.62 bits per heavy atom. The minimum atomic E-state index is -3.74. The predicted octanol–water partition coefficient (Wildman–Crippen LogP) is 2.88. The van der Waals surface area contributed by atoms with Crippen molar-refractivity contribution in [1.82, 2.24) is 4.31 Å². The maximum atomic E-state index is 13.0. The molecule has 0 aromatic heterocycles. The number of hydrogen-bond donors (Lipinski definition) is 0.